The zero-order valence-electron chi connectivity index (χ0n) is 11.4. The van der Waals surface area contributed by atoms with E-state index in [1.807, 2.05) is 0 Å². The minimum Gasteiger partial charge on any atom is -0.315 e. The van der Waals surface area contributed by atoms with Gasteiger partial charge >= 0.3 is 0 Å². The average molecular weight is 212 g/mol. The molecule has 15 heavy (non-hydrogen) atoms. The molecule has 2 heteroatoms. The topological polar surface area (TPSA) is 15.3 Å². The van der Waals surface area contributed by atoms with E-state index in [1.165, 1.54) is 25.9 Å². The fourth-order valence-electron chi connectivity index (χ4n) is 2.52. The lowest BCUT2D eigenvalue weighted by Crippen LogP contribution is -2.51. The van der Waals surface area contributed by atoms with Gasteiger partial charge in [-0.05, 0) is 45.7 Å². The number of hydrogen-bond donors (Lipinski definition) is 1. The molecular formula is C13H28N2. The highest BCUT2D eigenvalue weighted by Crippen LogP contribution is 2.30. The third-order valence-corrected chi connectivity index (χ3v) is 3.87. The summed E-state index contributed by atoms with van der Waals surface area (Å²) in [6, 6.07) is 0.579. The van der Waals surface area contributed by atoms with Gasteiger partial charge in [-0.15, -0.1) is 0 Å². The van der Waals surface area contributed by atoms with Crippen LogP contribution in [-0.2, 0) is 0 Å². The summed E-state index contributed by atoms with van der Waals surface area (Å²) in [6.45, 7) is 14.1. The summed E-state index contributed by atoms with van der Waals surface area (Å²) in [4.78, 5) is 2.64. The van der Waals surface area contributed by atoms with E-state index in [4.69, 9.17) is 0 Å². The van der Waals surface area contributed by atoms with Crippen molar-refractivity contribution in [2.75, 3.05) is 20.1 Å². The lowest BCUT2D eigenvalue weighted by Gasteiger charge is -2.39. The highest BCUT2D eigenvalue weighted by molar-refractivity contribution is 4.92. The maximum atomic E-state index is 3.46. The molecule has 90 valence electrons. The summed E-state index contributed by atoms with van der Waals surface area (Å²) in [7, 11) is 2.08. The smallest absolute Gasteiger partial charge is 0.0240 e. The fraction of sp³-hybridized carbons (Fsp3) is 1.00. The molecule has 0 radical (unpaired) electrons. The highest BCUT2D eigenvalue weighted by Gasteiger charge is 2.35. The average Bonchev–Trinajstić information content (AvgIpc) is 2.39. The molecule has 1 unspecified atom stereocenters. The van der Waals surface area contributed by atoms with Crippen LogP contribution in [0.2, 0.25) is 0 Å². The molecule has 0 aliphatic carbocycles. The molecular weight excluding hydrogens is 184 g/mol. The van der Waals surface area contributed by atoms with Crippen LogP contribution in [0.3, 0.4) is 0 Å². The maximum Gasteiger partial charge on any atom is 0.0240 e. The molecule has 0 aromatic rings. The normalized spacial score (nSPS) is 24.4. The van der Waals surface area contributed by atoms with Crippen LogP contribution in [0, 0.1) is 5.41 Å². The van der Waals surface area contributed by atoms with Crippen molar-refractivity contribution in [3.8, 4) is 0 Å². The summed E-state index contributed by atoms with van der Waals surface area (Å²) in [5, 5.41) is 3.46. The number of hydrogen-bond acceptors (Lipinski definition) is 2. The SMILES string of the molecule is CNC(CN1CCCC1(C)C)C(C)(C)C. The Labute approximate surface area is 95.4 Å². The summed E-state index contributed by atoms with van der Waals surface area (Å²) < 4.78 is 0. The minimum absolute atomic E-state index is 0.341. The van der Waals surface area contributed by atoms with E-state index in [0.29, 0.717) is 17.0 Å². The van der Waals surface area contributed by atoms with Gasteiger partial charge in [0.25, 0.3) is 0 Å². The summed E-state index contributed by atoms with van der Waals surface area (Å²) in [6.07, 6.45) is 2.70. The molecule has 2 nitrogen and oxygen atoms in total. The Hall–Kier alpha value is -0.0800. The van der Waals surface area contributed by atoms with Crippen molar-refractivity contribution in [3.63, 3.8) is 0 Å². The molecule has 0 spiro atoms. The molecule has 1 aliphatic rings. The van der Waals surface area contributed by atoms with Crippen LogP contribution in [0.4, 0.5) is 0 Å². The van der Waals surface area contributed by atoms with Crippen LogP contribution in [-0.4, -0.2) is 36.6 Å². The predicted molar refractivity (Wildman–Crippen MR) is 67.2 cm³/mol. The zero-order chi connectivity index (χ0) is 11.7. The molecule has 1 rings (SSSR count). The number of nitrogens with zero attached hydrogens (tertiary/aromatic N) is 1. The monoisotopic (exact) mass is 212 g/mol. The Kier molecular flexibility index (Phi) is 3.83. The lowest BCUT2D eigenvalue weighted by atomic mass is 9.86. The van der Waals surface area contributed by atoms with Gasteiger partial charge in [0.2, 0.25) is 0 Å². The van der Waals surface area contributed by atoms with E-state index in [-0.39, 0.29) is 0 Å². The first-order chi connectivity index (χ1) is 6.77. The van der Waals surface area contributed by atoms with Crippen molar-refractivity contribution in [2.24, 2.45) is 5.41 Å². The summed E-state index contributed by atoms with van der Waals surface area (Å²) in [5.74, 6) is 0. The minimum atomic E-state index is 0.341. The van der Waals surface area contributed by atoms with E-state index in [2.05, 4.69) is 51.9 Å². The van der Waals surface area contributed by atoms with Crippen LogP contribution in [0.1, 0.15) is 47.5 Å². The number of likely N-dealkylation sites (N-methyl/N-ethyl adjacent to an activating group) is 1. The van der Waals surface area contributed by atoms with Crippen LogP contribution in [0.25, 0.3) is 0 Å². The van der Waals surface area contributed by atoms with Gasteiger partial charge in [0, 0.05) is 18.1 Å². The zero-order valence-corrected chi connectivity index (χ0v) is 11.4. The third kappa shape index (κ3) is 3.18. The predicted octanol–water partition coefficient (Wildman–Crippen LogP) is 2.49. The molecule has 1 aliphatic heterocycles. The Balaban J connectivity index is 2.60. The van der Waals surface area contributed by atoms with E-state index in [9.17, 15) is 0 Å². The maximum absolute atomic E-state index is 3.46. The van der Waals surface area contributed by atoms with Crippen molar-refractivity contribution >= 4 is 0 Å². The second-order valence-corrected chi connectivity index (χ2v) is 6.57. The summed E-state index contributed by atoms with van der Waals surface area (Å²) in [5.41, 5.74) is 0.744. The van der Waals surface area contributed by atoms with E-state index in [0.717, 1.165) is 0 Å². The van der Waals surface area contributed by atoms with Gasteiger partial charge in [0.15, 0.2) is 0 Å². The Morgan fingerprint density at radius 2 is 1.93 bits per heavy atom. The van der Waals surface area contributed by atoms with E-state index >= 15 is 0 Å². The van der Waals surface area contributed by atoms with Gasteiger partial charge in [-0.25, -0.2) is 0 Å². The first-order valence-electron chi connectivity index (χ1n) is 6.20. The van der Waals surface area contributed by atoms with Gasteiger partial charge in [-0.2, -0.15) is 0 Å². The molecule has 1 N–H and O–H groups in total. The second kappa shape index (κ2) is 4.42. The third-order valence-electron chi connectivity index (χ3n) is 3.87. The lowest BCUT2D eigenvalue weighted by molar-refractivity contribution is 0.123. The first kappa shape index (κ1) is 13.0. The molecule has 0 bridgehead atoms. The fourth-order valence-corrected chi connectivity index (χ4v) is 2.52. The van der Waals surface area contributed by atoms with Crippen LogP contribution < -0.4 is 5.32 Å². The first-order valence-corrected chi connectivity index (χ1v) is 6.20. The quantitative estimate of drug-likeness (QED) is 0.773. The van der Waals surface area contributed by atoms with Gasteiger partial charge in [-0.1, -0.05) is 20.8 Å². The molecule has 1 atom stereocenters. The largest absolute Gasteiger partial charge is 0.315 e. The van der Waals surface area contributed by atoms with Gasteiger partial charge in [-0.3, -0.25) is 4.90 Å². The molecule has 0 aromatic carbocycles. The molecule has 1 fully saturated rings. The highest BCUT2D eigenvalue weighted by atomic mass is 15.2. The molecule has 0 saturated carbocycles. The van der Waals surface area contributed by atoms with Gasteiger partial charge < -0.3 is 5.32 Å². The van der Waals surface area contributed by atoms with Crippen LogP contribution in [0.5, 0.6) is 0 Å². The molecule has 0 aromatic heterocycles. The number of rotatable bonds is 3. The van der Waals surface area contributed by atoms with Gasteiger partial charge in [0.05, 0.1) is 0 Å². The van der Waals surface area contributed by atoms with E-state index < -0.39 is 0 Å². The standard InChI is InChI=1S/C13H28N2/c1-12(2,3)11(14-6)10-15-9-7-8-13(15,4)5/h11,14H,7-10H2,1-6H3. The van der Waals surface area contributed by atoms with E-state index in [1.54, 1.807) is 0 Å². The van der Waals surface area contributed by atoms with Crippen LogP contribution >= 0.6 is 0 Å². The second-order valence-electron chi connectivity index (χ2n) is 6.57. The van der Waals surface area contributed by atoms with Crippen molar-refractivity contribution < 1.29 is 0 Å². The number of likely N-dealkylation sites (tertiary alicyclic amines) is 1. The van der Waals surface area contributed by atoms with Crippen molar-refractivity contribution in [1.29, 1.82) is 0 Å². The Morgan fingerprint density at radius 1 is 1.33 bits per heavy atom. The summed E-state index contributed by atoms with van der Waals surface area (Å²) >= 11 is 0. The number of nitrogens with one attached hydrogen (secondary N) is 1. The van der Waals surface area contributed by atoms with Crippen molar-refractivity contribution in [1.82, 2.24) is 10.2 Å². The molecule has 0 amide bonds. The van der Waals surface area contributed by atoms with Gasteiger partial charge in [0.1, 0.15) is 0 Å². The Bertz CT molecular complexity index is 203. The molecule has 1 heterocycles. The van der Waals surface area contributed by atoms with Crippen molar-refractivity contribution in [2.45, 2.75) is 59.0 Å². The van der Waals surface area contributed by atoms with Crippen LogP contribution in [0.15, 0.2) is 0 Å². The van der Waals surface area contributed by atoms with Crippen molar-refractivity contribution in [3.05, 3.63) is 0 Å². The molecule has 1 saturated heterocycles. The Morgan fingerprint density at radius 3 is 2.27 bits per heavy atom.